The smallest absolute Gasteiger partial charge is 0.146 e. The molecule has 0 radical (unpaired) electrons. The maximum absolute atomic E-state index is 10.2. The number of para-hydroxylation sites is 1. The molecule has 2 unspecified atom stereocenters. The molecule has 0 bridgehead atoms. The lowest BCUT2D eigenvalue weighted by molar-refractivity contribution is 0.0292. The van der Waals surface area contributed by atoms with Crippen LogP contribution in [0, 0.1) is 6.92 Å². The first-order valence-corrected chi connectivity index (χ1v) is 7.36. The summed E-state index contributed by atoms with van der Waals surface area (Å²) in [6.45, 7) is 6.07. The summed E-state index contributed by atoms with van der Waals surface area (Å²) in [6.07, 6.45) is 1.89. The van der Waals surface area contributed by atoms with Crippen LogP contribution in [-0.4, -0.2) is 22.3 Å². The highest BCUT2D eigenvalue weighted by Gasteiger charge is 2.19. The average Bonchev–Trinajstić information content (AvgIpc) is 2.45. The van der Waals surface area contributed by atoms with Gasteiger partial charge in [-0.25, -0.2) is 4.98 Å². The molecule has 108 valence electrons. The molecule has 2 aromatic rings. The van der Waals surface area contributed by atoms with Gasteiger partial charge in [0, 0.05) is 11.1 Å². The Morgan fingerprint density at radius 1 is 1.20 bits per heavy atom. The third kappa shape index (κ3) is 3.28. The van der Waals surface area contributed by atoms with Gasteiger partial charge in [0.1, 0.15) is 17.4 Å². The topological polar surface area (TPSA) is 42.4 Å². The number of benzene rings is 1. The van der Waals surface area contributed by atoms with Crippen molar-refractivity contribution in [3.05, 3.63) is 36.0 Å². The van der Waals surface area contributed by atoms with E-state index in [-0.39, 0.29) is 6.10 Å². The van der Waals surface area contributed by atoms with Crippen molar-refractivity contribution in [2.45, 2.75) is 52.2 Å². The monoisotopic (exact) mass is 273 g/mol. The molecular weight excluding hydrogens is 250 g/mol. The van der Waals surface area contributed by atoms with Crippen molar-refractivity contribution in [3.63, 3.8) is 0 Å². The Hall–Kier alpha value is -1.61. The third-order valence-electron chi connectivity index (χ3n) is 3.52. The molecule has 0 spiro atoms. The summed E-state index contributed by atoms with van der Waals surface area (Å²) < 4.78 is 6.03. The third-order valence-corrected chi connectivity index (χ3v) is 3.52. The molecule has 3 heteroatoms. The zero-order valence-electron chi connectivity index (χ0n) is 12.5. The number of nitrogens with zero attached hydrogens (tertiary/aromatic N) is 1. The fourth-order valence-corrected chi connectivity index (χ4v) is 2.39. The van der Waals surface area contributed by atoms with Gasteiger partial charge in [-0.15, -0.1) is 0 Å². The predicted molar refractivity (Wildman–Crippen MR) is 82.1 cm³/mol. The predicted octanol–water partition coefficient (Wildman–Crippen LogP) is 3.86. The number of ether oxygens (including phenoxy) is 1. The summed E-state index contributed by atoms with van der Waals surface area (Å²) in [5, 5.41) is 11.2. The van der Waals surface area contributed by atoms with Gasteiger partial charge in [0.05, 0.1) is 6.10 Å². The molecule has 1 N–H and O–H groups in total. The van der Waals surface area contributed by atoms with Crippen LogP contribution in [0.3, 0.4) is 0 Å². The lowest BCUT2D eigenvalue weighted by Gasteiger charge is -2.23. The maximum atomic E-state index is 10.2. The van der Waals surface area contributed by atoms with Gasteiger partial charge in [-0.3, -0.25) is 0 Å². The fourth-order valence-electron chi connectivity index (χ4n) is 2.39. The number of pyridine rings is 1. The van der Waals surface area contributed by atoms with Crippen molar-refractivity contribution in [1.29, 1.82) is 0 Å². The van der Waals surface area contributed by atoms with E-state index in [2.05, 4.69) is 11.9 Å². The van der Waals surface area contributed by atoms with E-state index in [1.165, 1.54) is 0 Å². The van der Waals surface area contributed by atoms with E-state index >= 15 is 0 Å². The Balaban J connectivity index is 2.30. The molecule has 20 heavy (non-hydrogen) atoms. The number of rotatable bonds is 6. The minimum Gasteiger partial charge on any atom is -0.485 e. The van der Waals surface area contributed by atoms with E-state index in [0.29, 0.717) is 0 Å². The molecule has 1 aromatic carbocycles. The molecule has 3 nitrogen and oxygen atoms in total. The number of aliphatic hydroxyl groups excluding tert-OH is 1. The summed E-state index contributed by atoms with van der Waals surface area (Å²) >= 11 is 0. The van der Waals surface area contributed by atoms with Gasteiger partial charge in [0.2, 0.25) is 0 Å². The Kier molecular flexibility index (Phi) is 4.96. The van der Waals surface area contributed by atoms with E-state index in [4.69, 9.17) is 4.74 Å². The number of aromatic nitrogens is 1. The summed E-state index contributed by atoms with van der Waals surface area (Å²) in [5.41, 5.74) is 1.84. The number of hydrogen-bond acceptors (Lipinski definition) is 3. The highest BCUT2D eigenvalue weighted by atomic mass is 16.5. The lowest BCUT2D eigenvalue weighted by Crippen LogP contribution is -2.31. The van der Waals surface area contributed by atoms with Crippen molar-refractivity contribution in [2.75, 3.05) is 0 Å². The van der Waals surface area contributed by atoms with E-state index in [1.807, 2.05) is 44.2 Å². The van der Waals surface area contributed by atoms with E-state index in [0.717, 1.165) is 41.6 Å². The first kappa shape index (κ1) is 14.8. The first-order valence-electron chi connectivity index (χ1n) is 7.36. The standard InChI is InChI=1S/C17H23NO2/c1-4-7-14(19)15(5-2)20-16-9-6-8-13-11-10-12(3)18-17(13)16/h6,8-11,14-15,19H,4-5,7H2,1-3H3. The van der Waals surface area contributed by atoms with Crippen molar-refractivity contribution in [2.24, 2.45) is 0 Å². The van der Waals surface area contributed by atoms with Crippen LogP contribution in [0.2, 0.25) is 0 Å². The fraction of sp³-hybridized carbons (Fsp3) is 0.471. The highest BCUT2D eigenvalue weighted by molar-refractivity contribution is 5.84. The van der Waals surface area contributed by atoms with Gasteiger partial charge < -0.3 is 9.84 Å². The van der Waals surface area contributed by atoms with Gasteiger partial charge in [-0.05, 0) is 31.9 Å². The molecule has 0 aliphatic carbocycles. The quantitative estimate of drug-likeness (QED) is 0.869. The van der Waals surface area contributed by atoms with E-state index in [1.54, 1.807) is 0 Å². The van der Waals surface area contributed by atoms with E-state index in [9.17, 15) is 5.11 Å². The number of aryl methyl sites for hydroxylation is 1. The number of fused-ring (bicyclic) bond motifs is 1. The average molecular weight is 273 g/mol. The summed E-state index contributed by atoms with van der Waals surface area (Å²) in [4.78, 5) is 4.56. The van der Waals surface area contributed by atoms with Crippen LogP contribution >= 0.6 is 0 Å². The molecule has 0 amide bonds. The molecule has 0 saturated heterocycles. The Labute approximate surface area is 120 Å². The summed E-state index contributed by atoms with van der Waals surface area (Å²) in [7, 11) is 0. The minimum absolute atomic E-state index is 0.178. The summed E-state index contributed by atoms with van der Waals surface area (Å²) in [5.74, 6) is 0.758. The molecule has 2 rings (SSSR count). The molecule has 2 atom stereocenters. The molecule has 0 aliphatic heterocycles. The van der Waals surface area contributed by atoms with Gasteiger partial charge in [0.15, 0.2) is 0 Å². The van der Waals surface area contributed by atoms with Gasteiger partial charge in [-0.2, -0.15) is 0 Å². The Bertz CT molecular complexity index is 568. The Morgan fingerprint density at radius 3 is 2.70 bits per heavy atom. The van der Waals surface area contributed by atoms with E-state index < -0.39 is 6.10 Å². The molecule has 1 heterocycles. The van der Waals surface area contributed by atoms with Crippen molar-refractivity contribution in [3.8, 4) is 5.75 Å². The Morgan fingerprint density at radius 2 is 2.00 bits per heavy atom. The molecular formula is C17H23NO2. The second-order valence-electron chi connectivity index (χ2n) is 5.20. The largest absolute Gasteiger partial charge is 0.485 e. The van der Waals surface area contributed by atoms with Gasteiger partial charge >= 0.3 is 0 Å². The van der Waals surface area contributed by atoms with Crippen LogP contribution in [0.4, 0.5) is 0 Å². The highest BCUT2D eigenvalue weighted by Crippen LogP contribution is 2.26. The lowest BCUT2D eigenvalue weighted by atomic mass is 10.1. The first-order chi connectivity index (χ1) is 9.65. The SMILES string of the molecule is CCCC(O)C(CC)Oc1cccc2ccc(C)nc12. The van der Waals surface area contributed by atoms with Crippen LogP contribution < -0.4 is 4.74 Å². The summed E-state index contributed by atoms with van der Waals surface area (Å²) in [6, 6.07) is 9.96. The van der Waals surface area contributed by atoms with Gasteiger partial charge in [-0.1, -0.05) is 38.5 Å². The molecule has 0 fully saturated rings. The van der Waals surface area contributed by atoms with Crippen LogP contribution in [0.5, 0.6) is 5.75 Å². The zero-order valence-corrected chi connectivity index (χ0v) is 12.5. The molecule has 0 saturated carbocycles. The number of hydrogen-bond donors (Lipinski definition) is 1. The normalized spacial score (nSPS) is 14.2. The van der Waals surface area contributed by atoms with Crippen molar-refractivity contribution < 1.29 is 9.84 Å². The second-order valence-corrected chi connectivity index (χ2v) is 5.20. The minimum atomic E-state index is -0.426. The maximum Gasteiger partial charge on any atom is 0.146 e. The van der Waals surface area contributed by atoms with Crippen molar-refractivity contribution >= 4 is 10.9 Å². The second kappa shape index (κ2) is 6.71. The van der Waals surface area contributed by atoms with Crippen LogP contribution in [0.25, 0.3) is 10.9 Å². The molecule has 0 aliphatic rings. The van der Waals surface area contributed by atoms with Crippen LogP contribution in [0.1, 0.15) is 38.8 Å². The van der Waals surface area contributed by atoms with Crippen LogP contribution in [0.15, 0.2) is 30.3 Å². The van der Waals surface area contributed by atoms with Gasteiger partial charge in [0.25, 0.3) is 0 Å². The van der Waals surface area contributed by atoms with Crippen molar-refractivity contribution in [1.82, 2.24) is 4.98 Å². The molecule has 1 aromatic heterocycles. The zero-order chi connectivity index (χ0) is 14.5. The van der Waals surface area contributed by atoms with Crippen LogP contribution in [-0.2, 0) is 0 Å². The number of aliphatic hydroxyl groups is 1.